The van der Waals surface area contributed by atoms with Crippen LogP contribution in [0.15, 0.2) is 72.9 Å². The second kappa shape index (κ2) is 18.2. The third-order valence-corrected chi connectivity index (χ3v) is 10.7. The normalized spacial score (nSPS) is 11.5. The van der Waals surface area contributed by atoms with Crippen molar-refractivity contribution in [2.45, 2.75) is 20.4 Å². The highest BCUT2D eigenvalue weighted by Gasteiger charge is 2.52. The zero-order chi connectivity index (χ0) is 49.0. The van der Waals surface area contributed by atoms with Crippen molar-refractivity contribution >= 4 is 28.0 Å². The number of hydrogen-bond acceptors (Lipinski definition) is 0. The van der Waals surface area contributed by atoms with Crippen LogP contribution in [0.4, 0.5) is 87.8 Å². The lowest BCUT2D eigenvalue weighted by molar-refractivity contribution is -0.677. The molecule has 344 valence electrons. The smallest absolute Gasteiger partial charge is 0.207 e. The first-order valence-electron chi connectivity index (χ1n) is 18.3. The van der Waals surface area contributed by atoms with Gasteiger partial charge in [-0.05, 0) is 37.1 Å². The molecule has 1 heterocycles. The van der Waals surface area contributed by atoms with E-state index in [1.54, 1.807) is 0 Å². The van der Waals surface area contributed by atoms with E-state index in [0.717, 1.165) is 6.54 Å². The van der Waals surface area contributed by atoms with E-state index in [1.165, 1.54) is 27.9 Å². The highest BCUT2D eigenvalue weighted by Crippen LogP contribution is 2.31. The van der Waals surface area contributed by atoms with Gasteiger partial charge in [-0.15, -0.1) is 21.9 Å². The molecule has 7 rings (SSSR count). The van der Waals surface area contributed by atoms with Crippen LogP contribution in [0.25, 0.3) is 11.3 Å². The summed E-state index contributed by atoms with van der Waals surface area (Å²) in [7, 11) is 0. The molecular formula is C44H20BF20N. The average molecular weight is 953 g/mol. The molecule has 0 aliphatic rings. The Morgan fingerprint density at radius 1 is 0.333 bits per heavy atom. The third-order valence-electron chi connectivity index (χ3n) is 10.7. The van der Waals surface area contributed by atoms with Gasteiger partial charge < -0.3 is 0 Å². The molecule has 0 saturated heterocycles. The lowest BCUT2D eigenvalue weighted by Crippen LogP contribution is -2.81. The summed E-state index contributed by atoms with van der Waals surface area (Å²) < 4.78 is 296. The molecule has 0 aliphatic heterocycles. The Bertz CT molecular complexity index is 2700. The fourth-order valence-electron chi connectivity index (χ4n) is 7.54. The van der Waals surface area contributed by atoms with Crippen molar-refractivity contribution in [1.29, 1.82) is 0 Å². The molecular weight excluding hydrogens is 933 g/mol. The van der Waals surface area contributed by atoms with E-state index in [4.69, 9.17) is 0 Å². The maximum atomic E-state index is 15.4. The van der Waals surface area contributed by atoms with Crippen molar-refractivity contribution in [3.05, 3.63) is 206 Å². The number of hydrogen-bond donors (Lipinski definition) is 0. The molecule has 0 N–H and O–H groups in total. The Hall–Kier alpha value is -6.87. The van der Waals surface area contributed by atoms with E-state index in [1.807, 2.05) is 0 Å². The summed E-state index contributed by atoms with van der Waals surface area (Å²) in [6.07, 6.45) is -5.06. The Balaban J connectivity index is 0.000000284. The van der Waals surface area contributed by atoms with Gasteiger partial charge in [-0.25, -0.2) is 87.8 Å². The van der Waals surface area contributed by atoms with Gasteiger partial charge in [0.2, 0.25) is 5.69 Å². The molecule has 0 unspecified atom stereocenters. The Kier molecular flexibility index (Phi) is 13.4. The number of nitrogens with zero attached hydrogens (tertiary/aromatic N) is 1. The first kappa shape index (κ1) is 48.6. The van der Waals surface area contributed by atoms with Gasteiger partial charge in [-0.1, -0.05) is 42.5 Å². The minimum atomic E-state index is -7.22. The predicted molar refractivity (Wildman–Crippen MR) is 196 cm³/mol. The highest BCUT2D eigenvalue weighted by molar-refractivity contribution is 7.20. The summed E-state index contributed by atoms with van der Waals surface area (Å²) in [4.78, 5) is 0. The van der Waals surface area contributed by atoms with Crippen LogP contribution in [0.2, 0.25) is 0 Å². The van der Waals surface area contributed by atoms with Gasteiger partial charge in [0, 0.05) is 23.3 Å². The van der Waals surface area contributed by atoms with Gasteiger partial charge in [0.1, 0.15) is 52.7 Å². The molecule has 0 atom stereocenters. The molecule has 0 spiro atoms. The van der Waals surface area contributed by atoms with Crippen LogP contribution in [-0.4, -0.2) is 6.15 Å². The molecule has 66 heavy (non-hydrogen) atoms. The number of benzene rings is 6. The van der Waals surface area contributed by atoms with Crippen LogP contribution in [0.3, 0.4) is 0 Å². The van der Waals surface area contributed by atoms with E-state index in [0.29, 0.717) is 0 Å². The summed E-state index contributed by atoms with van der Waals surface area (Å²) in [6, 6.07) is 23.5. The van der Waals surface area contributed by atoms with Gasteiger partial charge in [-0.3, -0.25) is 0 Å². The quantitative estimate of drug-likeness (QED) is 0.0493. The first-order valence-corrected chi connectivity index (χ1v) is 18.3. The van der Waals surface area contributed by atoms with Gasteiger partial charge in [0.15, 0.2) is 82.5 Å². The molecule has 1 aromatic heterocycles. The van der Waals surface area contributed by atoms with E-state index >= 15 is 35.1 Å². The number of halogens is 20. The highest BCUT2D eigenvalue weighted by atomic mass is 19.2. The minimum absolute atomic E-state index is 0.893. The van der Waals surface area contributed by atoms with Crippen molar-refractivity contribution in [1.82, 2.24) is 0 Å². The number of aryl methyl sites for hydroxylation is 1. The second-order valence-electron chi connectivity index (χ2n) is 14.2. The monoisotopic (exact) mass is 953 g/mol. The molecule has 0 fully saturated rings. The lowest BCUT2D eigenvalue weighted by Gasteiger charge is -2.44. The van der Waals surface area contributed by atoms with E-state index in [2.05, 4.69) is 91.3 Å². The summed E-state index contributed by atoms with van der Waals surface area (Å²) in [5.41, 5.74) is -7.74. The van der Waals surface area contributed by atoms with Crippen molar-refractivity contribution in [2.24, 2.45) is 0 Å². The van der Waals surface area contributed by atoms with Crippen LogP contribution in [0.5, 0.6) is 0 Å². The molecule has 0 saturated carbocycles. The molecule has 6 aromatic carbocycles. The fraction of sp³-hybridized carbons (Fsp3) is 0.0682. The molecule has 0 aliphatic carbocycles. The average Bonchev–Trinajstić information content (AvgIpc) is 3.30. The summed E-state index contributed by atoms with van der Waals surface area (Å²) in [6.45, 7) is 5.26. The molecule has 1 nitrogen and oxygen atoms in total. The molecule has 0 bridgehead atoms. The molecule has 0 radical (unpaired) electrons. The molecule has 7 aromatic rings. The Morgan fingerprint density at radius 3 is 0.970 bits per heavy atom. The third kappa shape index (κ3) is 7.58. The maximum Gasteiger partial charge on any atom is 0.213 e. The summed E-state index contributed by atoms with van der Waals surface area (Å²) >= 11 is 0. The van der Waals surface area contributed by atoms with Crippen LogP contribution < -0.4 is 26.4 Å². The minimum Gasteiger partial charge on any atom is -0.207 e. The number of aromatic nitrogens is 1. The van der Waals surface area contributed by atoms with Crippen molar-refractivity contribution in [2.75, 3.05) is 0 Å². The zero-order valence-corrected chi connectivity index (χ0v) is 32.7. The molecule has 0 amide bonds. The summed E-state index contributed by atoms with van der Waals surface area (Å²) in [5.74, 6) is -71.4. The van der Waals surface area contributed by atoms with Crippen LogP contribution in [0.1, 0.15) is 16.7 Å². The topological polar surface area (TPSA) is 3.88 Å². The van der Waals surface area contributed by atoms with Crippen LogP contribution in [-0.2, 0) is 6.54 Å². The zero-order valence-electron chi connectivity index (χ0n) is 32.7. The van der Waals surface area contributed by atoms with Gasteiger partial charge in [-0.2, -0.15) is 4.57 Å². The lowest BCUT2D eigenvalue weighted by atomic mass is 9.12. The largest absolute Gasteiger partial charge is 0.213 e. The van der Waals surface area contributed by atoms with Crippen molar-refractivity contribution < 1.29 is 92.4 Å². The van der Waals surface area contributed by atoms with Gasteiger partial charge in [0.05, 0.1) is 0 Å². The number of rotatable bonds is 7. The molecule has 22 heteroatoms. The number of pyridine rings is 1. The maximum absolute atomic E-state index is 15.4. The summed E-state index contributed by atoms with van der Waals surface area (Å²) in [5, 5.41) is 0. The SMILES string of the molecule is Cc1cccc(-c2cccc[n+]2Cc2ccccc2)c1C.Fc1c(F)c(F)c([B-](c2c(F)c(F)c(F)c(F)c2F)(c2c(F)c(F)c(F)c(F)c2F)c2c(F)c(F)c(F)c(F)c2F)c(F)c1F. The van der Waals surface area contributed by atoms with Crippen LogP contribution >= 0.6 is 0 Å². The Morgan fingerprint density at radius 2 is 0.636 bits per heavy atom. The first-order chi connectivity index (χ1) is 31.0. The standard InChI is InChI=1S/C24BF20.C20H20N/c26-5-1(6(27)14(35)21(42)13(5)34)25(2-7(28)15(36)22(43)16(37)8(2)29,3-9(30)17(38)23(44)18(39)10(3)31)4-11(32)19(40)24(45)20(41)12(4)33;1-16-9-8-12-19(17(16)2)20-13-6-7-14-21(20)15-18-10-4-3-5-11-18/h;3-14H,15H2,1-2H3/q-1;+1. The van der Waals surface area contributed by atoms with Crippen LogP contribution in [0, 0.1) is 130 Å². The van der Waals surface area contributed by atoms with E-state index in [9.17, 15) is 52.7 Å². The van der Waals surface area contributed by atoms with E-state index < -0.39 is 144 Å². The van der Waals surface area contributed by atoms with Crippen molar-refractivity contribution in [3.63, 3.8) is 0 Å². The second-order valence-corrected chi connectivity index (χ2v) is 14.2. The van der Waals surface area contributed by atoms with Gasteiger partial charge in [0.25, 0.3) is 0 Å². The van der Waals surface area contributed by atoms with Gasteiger partial charge >= 0.3 is 0 Å². The predicted octanol–water partition coefficient (Wildman–Crippen LogP) is 10.2. The van der Waals surface area contributed by atoms with Crippen molar-refractivity contribution in [3.8, 4) is 11.3 Å². The van der Waals surface area contributed by atoms with E-state index in [-0.39, 0.29) is 0 Å². The fourth-order valence-corrected chi connectivity index (χ4v) is 7.54. The Labute approximate surface area is 357 Å².